The maximum atomic E-state index is 5.18. The van der Waals surface area contributed by atoms with Crippen molar-refractivity contribution >= 4 is 75.8 Å². The zero-order valence-corrected chi connectivity index (χ0v) is 24.3. The van der Waals surface area contributed by atoms with Crippen molar-refractivity contribution in [2.75, 3.05) is 0 Å². The molecule has 10 heteroatoms. The van der Waals surface area contributed by atoms with Crippen LogP contribution in [0.4, 0.5) is 0 Å². The fourth-order valence-corrected chi connectivity index (χ4v) is 5.49. The van der Waals surface area contributed by atoms with Crippen molar-refractivity contribution in [3.05, 3.63) is 107 Å². The van der Waals surface area contributed by atoms with E-state index in [-0.39, 0.29) is 5.92 Å². The second kappa shape index (κ2) is 12.5. The third-order valence-corrected chi connectivity index (χ3v) is 7.80. The molecule has 0 aliphatic carbocycles. The van der Waals surface area contributed by atoms with Gasteiger partial charge in [0.05, 0.1) is 27.7 Å². The first-order valence-corrected chi connectivity index (χ1v) is 13.7. The van der Waals surface area contributed by atoms with E-state index in [1.165, 1.54) is 0 Å². The SMILES string of the molecule is S[CH]CCC(c1ccc(S)cn1)C([C](S)c1ccc(S)cn1)(c1ccc(S)cn1)c1ccc(S)cn1. The van der Waals surface area contributed by atoms with Crippen LogP contribution in [0.2, 0.25) is 0 Å². The summed E-state index contributed by atoms with van der Waals surface area (Å²) in [5.41, 5.74) is 2.10. The molecule has 4 heterocycles. The van der Waals surface area contributed by atoms with E-state index in [0.29, 0.717) is 17.4 Å². The fraction of sp³-hybridized carbons (Fsp3) is 0.154. The highest BCUT2D eigenvalue weighted by molar-refractivity contribution is 7.83. The molecule has 4 aromatic rings. The number of hydrogen-bond donors (Lipinski definition) is 6. The van der Waals surface area contributed by atoms with Crippen LogP contribution in [0.15, 0.2) is 92.9 Å². The molecule has 0 amide bonds. The molecular formula is C26H24N4S6. The van der Waals surface area contributed by atoms with Gasteiger partial charge in [0.1, 0.15) is 0 Å². The monoisotopic (exact) mass is 584 g/mol. The van der Waals surface area contributed by atoms with Crippen molar-refractivity contribution in [2.24, 2.45) is 0 Å². The van der Waals surface area contributed by atoms with Crippen LogP contribution in [-0.4, -0.2) is 19.9 Å². The molecule has 0 N–H and O–H groups in total. The van der Waals surface area contributed by atoms with E-state index in [0.717, 1.165) is 43.1 Å². The Bertz CT molecular complexity index is 1220. The van der Waals surface area contributed by atoms with Crippen LogP contribution >= 0.6 is 75.8 Å². The Labute approximate surface area is 245 Å². The van der Waals surface area contributed by atoms with Gasteiger partial charge in [0.15, 0.2) is 0 Å². The Balaban J connectivity index is 2.08. The van der Waals surface area contributed by atoms with Gasteiger partial charge in [-0.15, -0.1) is 50.5 Å². The molecule has 0 aromatic carbocycles. The van der Waals surface area contributed by atoms with Crippen molar-refractivity contribution in [1.29, 1.82) is 0 Å². The van der Waals surface area contributed by atoms with Gasteiger partial charge in [0, 0.05) is 61.7 Å². The zero-order chi connectivity index (χ0) is 25.7. The molecule has 0 aliphatic rings. The summed E-state index contributed by atoms with van der Waals surface area (Å²) < 4.78 is 0. The van der Waals surface area contributed by atoms with Gasteiger partial charge in [-0.25, -0.2) is 0 Å². The molecule has 0 spiro atoms. The Morgan fingerprint density at radius 2 is 1.19 bits per heavy atom. The maximum absolute atomic E-state index is 5.18. The highest BCUT2D eigenvalue weighted by Gasteiger charge is 2.52. The molecule has 0 aliphatic heterocycles. The van der Waals surface area contributed by atoms with Crippen LogP contribution < -0.4 is 0 Å². The van der Waals surface area contributed by atoms with Gasteiger partial charge in [-0.3, -0.25) is 19.9 Å². The summed E-state index contributed by atoms with van der Waals surface area (Å²) in [5.74, 6) is 1.63. The van der Waals surface area contributed by atoms with Crippen LogP contribution in [0, 0.1) is 11.0 Å². The third-order valence-electron chi connectivity index (χ3n) is 5.90. The van der Waals surface area contributed by atoms with Crippen molar-refractivity contribution < 1.29 is 0 Å². The van der Waals surface area contributed by atoms with E-state index in [4.69, 9.17) is 27.6 Å². The number of hydrogen-bond acceptors (Lipinski definition) is 10. The van der Waals surface area contributed by atoms with E-state index in [1.54, 1.807) is 24.8 Å². The summed E-state index contributed by atoms with van der Waals surface area (Å²) >= 11 is 27.4. The number of pyridine rings is 4. The molecule has 0 saturated heterocycles. The molecule has 36 heavy (non-hydrogen) atoms. The van der Waals surface area contributed by atoms with Gasteiger partial charge >= 0.3 is 0 Å². The lowest BCUT2D eigenvalue weighted by Gasteiger charge is -2.43. The van der Waals surface area contributed by atoms with Crippen LogP contribution in [0.25, 0.3) is 0 Å². The Morgan fingerprint density at radius 3 is 1.61 bits per heavy atom. The Morgan fingerprint density at radius 1 is 0.694 bits per heavy atom. The number of rotatable bonds is 9. The highest BCUT2D eigenvalue weighted by atomic mass is 32.1. The van der Waals surface area contributed by atoms with Crippen LogP contribution in [0.3, 0.4) is 0 Å². The smallest absolute Gasteiger partial charge is 0.0937 e. The molecule has 184 valence electrons. The lowest BCUT2D eigenvalue weighted by atomic mass is 9.63. The molecule has 4 nitrogen and oxygen atoms in total. The minimum absolute atomic E-state index is 0.226. The minimum Gasteiger partial charge on any atom is -0.260 e. The van der Waals surface area contributed by atoms with Crippen molar-refractivity contribution in [2.45, 2.75) is 43.8 Å². The van der Waals surface area contributed by atoms with Gasteiger partial charge in [-0.1, -0.05) is 0 Å². The standard InChI is InChI=1S/C26H24N4S6/c31-11-1-2-20(21-7-3-16(32)12-27-21)26(23-9-5-18(34)14-29-23,24-10-6-19(35)15-30-24)25(36)22-8-4-17(33)13-28-22/h3-15,20,31-36H,1-2H2. The van der Waals surface area contributed by atoms with Crippen LogP contribution in [0.5, 0.6) is 0 Å². The number of thiol groups is 6. The number of nitrogens with zero attached hydrogens (tertiary/aromatic N) is 4. The molecule has 2 radical (unpaired) electrons. The van der Waals surface area contributed by atoms with Gasteiger partial charge in [-0.2, -0.15) is 25.3 Å². The second-order valence-corrected chi connectivity index (χ2v) is 11.0. The Hall–Kier alpha value is -1.30. The van der Waals surface area contributed by atoms with E-state index in [1.807, 2.05) is 54.3 Å². The van der Waals surface area contributed by atoms with Crippen molar-refractivity contribution in [3.8, 4) is 0 Å². The quantitative estimate of drug-likeness (QED) is 0.122. The second-order valence-electron chi connectivity index (χ2n) is 8.12. The molecule has 1 unspecified atom stereocenters. The van der Waals surface area contributed by atoms with E-state index >= 15 is 0 Å². The molecular weight excluding hydrogens is 561 g/mol. The predicted octanol–water partition coefficient (Wildman–Crippen LogP) is 6.87. The van der Waals surface area contributed by atoms with Crippen LogP contribution in [-0.2, 0) is 5.41 Å². The van der Waals surface area contributed by atoms with E-state index in [2.05, 4.69) is 68.1 Å². The van der Waals surface area contributed by atoms with Crippen molar-refractivity contribution in [3.63, 3.8) is 0 Å². The van der Waals surface area contributed by atoms with Crippen LogP contribution in [0.1, 0.15) is 41.5 Å². The lowest BCUT2D eigenvalue weighted by molar-refractivity contribution is 0.406. The zero-order valence-electron chi connectivity index (χ0n) is 19.0. The molecule has 4 rings (SSSR count). The summed E-state index contributed by atoms with van der Waals surface area (Å²) in [6, 6.07) is 15.5. The first-order chi connectivity index (χ1) is 17.4. The first-order valence-electron chi connectivity index (χ1n) is 11.0. The summed E-state index contributed by atoms with van der Waals surface area (Å²) in [6.45, 7) is 0. The molecule has 0 bridgehead atoms. The van der Waals surface area contributed by atoms with Gasteiger partial charge in [0.25, 0.3) is 0 Å². The fourth-order valence-electron chi connectivity index (χ4n) is 4.29. The summed E-state index contributed by atoms with van der Waals surface area (Å²) in [4.78, 5) is 22.2. The average molecular weight is 585 g/mol. The number of aromatic nitrogens is 4. The minimum atomic E-state index is -0.945. The summed E-state index contributed by atoms with van der Waals surface area (Å²) in [5, 5.41) is 0.690. The van der Waals surface area contributed by atoms with Crippen molar-refractivity contribution in [1.82, 2.24) is 19.9 Å². The largest absolute Gasteiger partial charge is 0.260 e. The summed E-state index contributed by atoms with van der Waals surface area (Å²) in [6.07, 6.45) is 8.35. The summed E-state index contributed by atoms with van der Waals surface area (Å²) in [7, 11) is 0. The van der Waals surface area contributed by atoms with E-state index < -0.39 is 5.41 Å². The third kappa shape index (κ3) is 5.89. The topological polar surface area (TPSA) is 51.6 Å². The highest BCUT2D eigenvalue weighted by Crippen LogP contribution is 2.54. The first kappa shape index (κ1) is 27.7. The lowest BCUT2D eigenvalue weighted by Crippen LogP contribution is -2.42. The molecule has 4 aromatic heterocycles. The van der Waals surface area contributed by atoms with Gasteiger partial charge in [0.2, 0.25) is 0 Å². The Kier molecular flexibility index (Phi) is 9.62. The maximum Gasteiger partial charge on any atom is 0.0937 e. The average Bonchev–Trinajstić information content (AvgIpc) is 2.89. The predicted molar refractivity (Wildman–Crippen MR) is 163 cm³/mol. The van der Waals surface area contributed by atoms with Gasteiger partial charge < -0.3 is 0 Å². The molecule has 0 saturated carbocycles. The molecule has 1 atom stereocenters. The molecule has 0 fully saturated rings. The van der Waals surface area contributed by atoms with Gasteiger partial charge in [-0.05, 0) is 61.4 Å². The van der Waals surface area contributed by atoms with E-state index in [9.17, 15) is 0 Å². The normalized spacial score (nSPS) is 12.6.